The first kappa shape index (κ1) is 16.8. The summed E-state index contributed by atoms with van der Waals surface area (Å²) in [6.45, 7) is 9.49. The number of aryl methyl sites for hydroxylation is 2. The Morgan fingerprint density at radius 3 is 2.62 bits per heavy atom. The Morgan fingerprint density at radius 1 is 1.29 bits per heavy atom. The van der Waals surface area contributed by atoms with Crippen LogP contribution in [0.25, 0.3) is 0 Å². The van der Waals surface area contributed by atoms with Crippen molar-refractivity contribution < 1.29 is 14.3 Å². The van der Waals surface area contributed by atoms with Gasteiger partial charge < -0.3 is 14.8 Å². The van der Waals surface area contributed by atoms with Gasteiger partial charge in [-0.1, -0.05) is 11.8 Å². The molecule has 6 heteroatoms. The summed E-state index contributed by atoms with van der Waals surface area (Å²) in [5.41, 5.74) is 0.334. The summed E-state index contributed by atoms with van der Waals surface area (Å²) < 4.78 is 10.5. The molecule has 0 saturated carbocycles. The molecular formula is C15H21N3O3. The highest BCUT2D eigenvalue weighted by Crippen LogP contribution is 2.07. The summed E-state index contributed by atoms with van der Waals surface area (Å²) in [6, 6.07) is 1.74. The van der Waals surface area contributed by atoms with Gasteiger partial charge in [0.05, 0.1) is 6.54 Å². The van der Waals surface area contributed by atoms with Gasteiger partial charge in [-0.05, 0) is 34.6 Å². The number of amides is 1. The standard InChI is InChI=1S/C15H21N3O3/c1-11-10-13(18-12(2)17-11)20-9-7-6-8-16-14(19)21-15(3,4)5/h10H,8-9H2,1-5H3,(H,16,19). The van der Waals surface area contributed by atoms with Gasteiger partial charge in [0.15, 0.2) is 6.61 Å². The molecule has 6 nitrogen and oxygen atoms in total. The summed E-state index contributed by atoms with van der Waals surface area (Å²) in [5, 5.41) is 2.54. The Labute approximate surface area is 125 Å². The summed E-state index contributed by atoms with van der Waals surface area (Å²) in [6.07, 6.45) is -0.486. The van der Waals surface area contributed by atoms with E-state index in [4.69, 9.17) is 9.47 Å². The lowest BCUT2D eigenvalue weighted by molar-refractivity contribution is 0.0535. The number of hydrogen-bond donors (Lipinski definition) is 1. The number of aromatic nitrogens is 2. The van der Waals surface area contributed by atoms with E-state index in [0.717, 1.165) is 5.69 Å². The van der Waals surface area contributed by atoms with Crippen molar-refractivity contribution in [2.75, 3.05) is 13.2 Å². The molecule has 0 aliphatic carbocycles. The highest BCUT2D eigenvalue weighted by molar-refractivity contribution is 5.67. The largest absolute Gasteiger partial charge is 0.464 e. The van der Waals surface area contributed by atoms with Crippen LogP contribution in [0.15, 0.2) is 6.07 Å². The smallest absolute Gasteiger partial charge is 0.408 e. The van der Waals surface area contributed by atoms with E-state index >= 15 is 0 Å². The maximum Gasteiger partial charge on any atom is 0.408 e. The summed E-state index contributed by atoms with van der Waals surface area (Å²) in [5.74, 6) is 6.71. The molecule has 0 bridgehead atoms. The Morgan fingerprint density at radius 2 is 2.00 bits per heavy atom. The monoisotopic (exact) mass is 291 g/mol. The first-order valence-corrected chi connectivity index (χ1v) is 6.64. The summed E-state index contributed by atoms with van der Waals surface area (Å²) >= 11 is 0. The number of hydrogen-bond acceptors (Lipinski definition) is 5. The fourth-order valence-electron chi connectivity index (χ4n) is 1.41. The van der Waals surface area contributed by atoms with Crippen molar-refractivity contribution in [3.05, 3.63) is 17.6 Å². The van der Waals surface area contributed by atoms with E-state index in [2.05, 4.69) is 27.1 Å². The van der Waals surface area contributed by atoms with E-state index in [9.17, 15) is 4.79 Å². The molecule has 1 aromatic rings. The van der Waals surface area contributed by atoms with Gasteiger partial charge in [-0.25, -0.2) is 9.78 Å². The Kier molecular flexibility index (Phi) is 5.97. The lowest BCUT2D eigenvalue weighted by Gasteiger charge is -2.18. The minimum atomic E-state index is -0.511. The van der Waals surface area contributed by atoms with E-state index < -0.39 is 11.7 Å². The third kappa shape index (κ3) is 7.78. The molecule has 1 rings (SSSR count). The van der Waals surface area contributed by atoms with Crippen molar-refractivity contribution in [3.8, 4) is 17.7 Å². The average molecular weight is 291 g/mol. The van der Waals surface area contributed by atoms with Crippen LogP contribution >= 0.6 is 0 Å². The van der Waals surface area contributed by atoms with Crippen molar-refractivity contribution in [3.63, 3.8) is 0 Å². The van der Waals surface area contributed by atoms with Crippen molar-refractivity contribution in [2.45, 2.75) is 40.2 Å². The highest BCUT2D eigenvalue weighted by atomic mass is 16.6. The van der Waals surface area contributed by atoms with Crippen LogP contribution in [-0.2, 0) is 4.74 Å². The minimum Gasteiger partial charge on any atom is -0.464 e. The molecule has 0 spiro atoms. The molecular weight excluding hydrogens is 270 g/mol. The summed E-state index contributed by atoms with van der Waals surface area (Å²) in [7, 11) is 0. The average Bonchev–Trinajstić information content (AvgIpc) is 2.30. The molecule has 0 aliphatic rings. The molecule has 0 radical (unpaired) electrons. The van der Waals surface area contributed by atoms with Gasteiger partial charge >= 0.3 is 6.09 Å². The number of ether oxygens (including phenoxy) is 2. The predicted molar refractivity (Wildman–Crippen MR) is 79.0 cm³/mol. The zero-order chi connectivity index (χ0) is 15.9. The van der Waals surface area contributed by atoms with Crippen LogP contribution in [0.1, 0.15) is 32.3 Å². The van der Waals surface area contributed by atoms with E-state index in [1.807, 2.05) is 6.92 Å². The number of nitrogens with zero attached hydrogens (tertiary/aromatic N) is 2. The molecule has 0 saturated heterocycles. The van der Waals surface area contributed by atoms with Crippen LogP contribution in [0.3, 0.4) is 0 Å². The Balaban J connectivity index is 2.29. The third-order valence-corrected chi connectivity index (χ3v) is 2.08. The number of rotatable bonds is 3. The number of carbonyl (C=O) groups is 1. The minimum absolute atomic E-state index is 0.200. The highest BCUT2D eigenvalue weighted by Gasteiger charge is 2.14. The van der Waals surface area contributed by atoms with Gasteiger partial charge in [0.1, 0.15) is 11.4 Å². The number of alkyl carbamates (subject to hydrolysis) is 1. The molecule has 0 unspecified atom stereocenters. The second-order valence-electron chi connectivity index (χ2n) is 5.39. The molecule has 0 aliphatic heterocycles. The predicted octanol–water partition coefficient (Wildman–Crippen LogP) is 2.00. The molecule has 1 heterocycles. The van der Waals surface area contributed by atoms with Gasteiger partial charge in [0, 0.05) is 11.8 Å². The van der Waals surface area contributed by atoms with Crippen LogP contribution in [0, 0.1) is 25.7 Å². The van der Waals surface area contributed by atoms with Gasteiger partial charge in [-0.15, -0.1) is 0 Å². The van der Waals surface area contributed by atoms with Crippen LogP contribution in [0.5, 0.6) is 5.88 Å². The maximum atomic E-state index is 11.3. The molecule has 1 amide bonds. The second kappa shape index (κ2) is 7.48. The quantitative estimate of drug-likeness (QED) is 0.862. The second-order valence-corrected chi connectivity index (χ2v) is 5.39. The lowest BCUT2D eigenvalue weighted by Crippen LogP contribution is -2.32. The van der Waals surface area contributed by atoms with Crippen LogP contribution in [-0.4, -0.2) is 34.8 Å². The first-order valence-electron chi connectivity index (χ1n) is 6.64. The molecule has 1 N–H and O–H groups in total. The number of carbonyl (C=O) groups excluding carboxylic acids is 1. The van der Waals surface area contributed by atoms with Gasteiger partial charge in [0.25, 0.3) is 0 Å². The van der Waals surface area contributed by atoms with Crippen molar-refractivity contribution >= 4 is 6.09 Å². The number of nitrogens with one attached hydrogen (secondary N) is 1. The molecule has 1 aromatic heterocycles. The topological polar surface area (TPSA) is 73.3 Å². The third-order valence-electron chi connectivity index (χ3n) is 2.08. The SMILES string of the molecule is Cc1cc(OCC#CCNC(=O)OC(C)(C)C)nc(C)n1. The summed E-state index contributed by atoms with van der Waals surface area (Å²) in [4.78, 5) is 19.6. The van der Waals surface area contributed by atoms with Gasteiger partial charge in [-0.3, -0.25) is 0 Å². The van der Waals surface area contributed by atoms with Gasteiger partial charge in [0.2, 0.25) is 5.88 Å². The normalized spacial score (nSPS) is 10.3. The van der Waals surface area contributed by atoms with Crippen molar-refractivity contribution in [1.29, 1.82) is 0 Å². The fourth-order valence-corrected chi connectivity index (χ4v) is 1.41. The van der Waals surface area contributed by atoms with Crippen LogP contribution < -0.4 is 10.1 Å². The lowest BCUT2D eigenvalue weighted by atomic mass is 10.2. The molecule has 0 fully saturated rings. The maximum absolute atomic E-state index is 11.3. The van der Waals surface area contributed by atoms with Crippen molar-refractivity contribution in [1.82, 2.24) is 15.3 Å². The Hall–Kier alpha value is -2.29. The van der Waals surface area contributed by atoms with E-state index in [1.165, 1.54) is 0 Å². The Bertz CT molecular complexity index is 533. The molecule has 0 aromatic carbocycles. The van der Waals surface area contributed by atoms with Crippen LogP contribution in [0.2, 0.25) is 0 Å². The zero-order valence-electron chi connectivity index (χ0n) is 13.1. The van der Waals surface area contributed by atoms with Gasteiger partial charge in [-0.2, -0.15) is 4.98 Å². The first-order chi connectivity index (χ1) is 9.76. The van der Waals surface area contributed by atoms with Crippen LogP contribution in [0.4, 0.5) is 4.79 Å². The van der Waals surface area contributed by atoms with E-state index in [1.54, 1.807) is 33.8 Å². The van der Waals surface area contributed by atoms with E-state index in [0.29, 0.717) is 11.7 Å². The van der Waals surface area contributed by atoms with E-state index in [-0.39, 0.29) is 13.2 Å². The molecule has 0 atom stereocenters. The molecule has 114 valence electrons. The fraction of sp³-hybridized carbons (Fsp3) is 0.533. The zero-order valence-corrected chi connectivity index (χ0v) is 13.1. The molecule has 21 heavy (non-hydrogen) atoms. The van der Waals surface area contributed by atoms with Crippen molar-refractivity contribution in [2.24, 2.45) is 0 Å².